The van der Waals surface area contributed by atoms with Crippen molar-refractivity contribution in [1.29, 1.82) is 0 Å². The molecule has 0 fully saturated rings. The maximum absolute atomic E-state index is 5.99. The van der Waals surface area contributed by atoms with Crippen molar-refractivity contribution in [3.05, 3.63) is 25.7 Å². The number of thioether (sulfide) groups is 6. The van der Waals surface area contributed by atoms with Gasteiger partial charge in [0.05, 0.1) is 16.9 Å². The first-order valence-electron chi connectivity index (χ1n) is 3.99. The van der Waals surface area contributed by atoms with Crippen LogP contribution < -0.4 is 0 Å². The van der Waals surface area contributed by atoms with Crippen LogP contribution in [0.3, 0.4) is 0 Å². The van der Waals surface area contributed by atoms with E-state index in [1.807, 2.05) is 23.5 Å². The minimum absolute atomic E-state index is 0.693. The predicted molar refractivity (Wildman–Crippen MR) is 90.2 cm³/mol. The molecule has 0 spiro atoms. The molecule has 0 aromatic carbocycles. The lowest BCUT2D eigenvalue weighted by Gasteiger charge is -2.00. The van der Waals surface area contributed by atoms with Crippen molar-refractivity contribution in [2.75, 3.05) is 12.5 Å². The lowest BCUT2D eigenvalue weighted by atomic mass is 11.2. The summed E-state index contributed by atoms with van der Waals surface area (Å²) in [6, 6.07) is 0. The third-order valence-electron chi connectivity index (χ3n) is 1.59. The minimum atomic E-state index is 0.693. The van der Waals surface area contributed by atoms with Gasteiger partial charge in [0.25, 0.3) is 0 Å². The number of rotatable bonds is 2. The molecule has 2 aliphatic rings. The van der Waals surface area contributed by atoms with Crippen LogP contribution in [0.1, 0.15) is 0 Å². The Morgan fingerprint density at radius 2 is 1.12 bits per heavy atom. The second-order valence-electron chi connectivity index (χ2n) is 2.51. The summed E-state index contributed by atoms with van der Waals surface area (Å²) in [5.41, 5.74) is 0. The highest BCUT2D eigenvalue weighted by Crippen LogP contribution is 2.63. The second-order valence-corrected chi connectivity index (χ2v) is 10.5. The van der Waals surface area contributed by atoms with Gasteiger partial charge in [0.1, 0.15) is 8.73 Å². The van der Waals surface area contributed by atoms with Gasteiger partial charge in [-0.1, -0.05) is 70.2 Å². The van der Waals surface area contributed by atoms with Gasteiger partial charge in [-0.3, -0.25) is 0 Å². The molecule has 0 aliphatic carbocycles. The lowest BCUT2D eigenvalue weighted by molar-refractivity contribution is 2.30. The van der Waals surface area contributed by atoms with E-state index in [1.54, 1.807) is 47.0 Å². The van der Waals surface area contributed by atoms with Gasteiger partial charge in [0.2, 0.25) is 0 Å². The molecule has 0 nitrogen and oxygen atoms in total. The molecule has 0 aromatic heterocycles. The van der Waals surface area contributed by atoms with Crippen molar-refractivity contribution >= 4 is 93.8 Å². The zero-order valence-corrected chi connectivity index (χ0v) is 14.6. The molecular formula is C8H6Cl2S6. The average molecular weight is 365 g/mol. The van der Waals surface area contributed by atoms with Gasteiger partial charge >= 0.3 is 0 Å². The van der Waals surface area contributed by atoms with Crippen molar-refractivity contribution < 1.29 is 0 Å². The second kappa shape index (κ2) is 6.37. The van der Waals surface area contributed by atoms with Gasteiger partial charge in [-0.25, -0.2) is 0 Å². The SMILES string of the molecule is CSC1=C(SC)SC(=C2SC(Cl)=C(Cl)S2)S1. The molecular weight excluding hydrogens is 359 g/mol. The van der Waals surface area contributed by atoms with Crippen molar-refractivity contribution in [2.24, 2.45) is 0 Å². The number of hydrogen-bond donors (Lipinski definition) is 0. The first kappa shape index (κ1) is 14.3. The van der Waals surface area contributed by atoms with Crippen molar-refractivity contribution in [3.63, 3.8) is 0 Å². The van der Waals surface area contributed by atoms with Gasteiger partial charge < -0.3 is 0 Å². The van der Waals surface area contributed by atoms with Crippen molar-refractivity contribution in [2.45, 2.75) is 0 Å². The van der Waals surface area contributed by atoms with E-state index in [0.29, 0.717) is 8.73 Å². The van der Waals surface area contributed by atoms with Gasteiger partial charge in [-0.15, -0.1) is 23.5 Å². The van der Waals surface area contributed by atoms with Gasteiger partial charge in [0.15, 0.2) is 0 Å². The van der Waals surface area contributed by atoms with Crippen molar-refractivity contribution in [3.8, 4) is 0 Å². The van der Waals surface area contributed by atoms with Crippen molar-refractivity contribution in [1.82, 2.24) is 0 Å². The molecule has 0 saturated heterocycles. The Morgan fingerprint density at radius 1 is 0.750 bits per heavy atom. The Bertz CT molecular complexity index is 377. The van der Waals surface area contributed by atoms with E-state index in [-0.39, 0.29) is 0 Å². The van der Waals surface area contributed by atoms with Crippen LogP contribution in [0.25, 0.3) is 0 Å². The zero-order valence-electron chi connectivity index (χ0n) is 8.21. The summed E-state index contributed by atoms with van der Waals surface area (Å²) in [5, 5.41) is 0. The molecule has 0 aromatic rings. The molecule has 8 heteroatoms. The molecule has 0 unspecified atom stereocenters. The van der Waals surface area contributed by atoms with Gasteiger partial charge in [-0.05, 0) is 12.5 Å². The Balaban J connectivity index is 2.15. The maximum atomic E-state index is 5.99. The van der Waals surface area contributed by atoms with E-state index in [4.69, 9.17) is 23.2 Å². The standard InChI is InChI=1S/C8H6Cl2S6/c1-11-5-6(12-2)16-8(15-5)7-13-3(9)4(10)14-7/h1-2H3. The third-order valence-corrected chi connectivity index (χ3v) is 10.7. The molecule has 88 valence electrons. The molecule has 2 rings (SSSR count). The summed E-state index contributed by atoms with van der Waals surface area (Å²) in [4.78, 5) is 0. The fourth-order valence-electron chi connectivity index (χ4n) is 0.953. The Morgan fingerprint density at radius 3 is 1.50 bits per heavy atom. The van der Waals surface area contributed by atoms with Crippen LogP contribution in [0.15, 0.2) is 25.7 Å². The van der Waals surface area contributed by atoms with E-state index in [1.165, 1.54) is 16.9 Å². The fraction of sp³-hybridized carbons (Fsp3) is 0.250. The lowest BCUT2D eigenvalue weighted by Crippen LogP contribution is -1.66. The van der Waals surface area contributed by atoms with E-state index in [9.17, 15) is 0 Å². The topological polar surface area (TPSA) is 0 Å². The first-order chi connectivity index (χ1) is 7.65. The number of halogens is 2. The highest BCUT2D eigenvalue weighted by Gasteiger charge is 2.28. The summed E-state index contributed by atoms with van der Waals surface area (Å²) in [6.45, 7) is 0. The van der Waals surface area contributed by atoms with E-state index >= 15 is 0 Å². The normalized spacial score (nSPS) is 21.8. The largest absolute Gasteiger partial charge is 0.121 e. The van der Waals surface area contributed by atoms with E-state index in [0.717, 1.165) is 0 Å². The summed E-state index contributed by atoms with van der Waals surface area (Å²) in [5.74, 6) is 0. The molecule has 0 radical (unpaired) electrons. The Labute approximate surface area is 131 Å². The summed E-state index contributed by atoms with van der Waals surface area (Å²) >= 11 is 22.4. The number of hydrogen-bond acceptors (Lipinski definition) is 6. The highest BCUT2D eigenvalue weighted by molar-refractivity contribution is 8.42. The minimum Gasteiger partial charge on any atom is -0.121 e. The third kappa shape index (κ3) is 3.07. The van der Waals surface area contributed by atoms with Crippen LogP contribution in [0.2, 0.25) is 0 Å². The fourth-order valence-corrected chi connectivity index (χ4v) is 9.14. The Hall–Kier alpha value is 1.90. The van der Waals surface area contributed by atoms with E-state index in [2.05, 4.69) is 12.5 Å². The molecule has 0 N–H and O–H groups in total. The van der Waals surface area contributed by atoms with Crippen LogP contribution >= 0.6 is 93.8 Å². The summed E-state index contributed by atoms with van der Waals surface area (Å²) in [6.07, 6.45) is 4.22. The van der Waals surface area contributed by atoms with Crippen LogP contribution in [-0.2, 0) is 0 Å². The first-order valence-corrected chi connectivity index (χ1v) is 10.5. The predicted octanol–water partition coefficient (Wildman–Crippen LogP) is 6.53. The molecule has 0 bridgehead atoms. The molecule has 0 saturated carbocycles. The highest BCUT2D eigenvalue weighted by atomic mass is 35.5. The molecule has 0 amide bonds. The molecule has 2 heterocycles. The van der Waals surface area contributed by atoms with Crippen LogP contribution in [0, 0.1) is 0 Å². The average Bonchev–Trinajstić information content (AvgIpc) is 2.83. The Kier molecular flexibility index (Phi) is 5.70. The molecule has 0 atom stereocenters. The van der Waals surface area contributed by atoms with Crippen LogP contribution in [0.4, 0.5) is 0 Å². The van der Waals surface area contributed by atoms with Crippen LogP contribution in [0.5, 0.6) is 0 Å². The quantitative estimate of drug-likeness (QED) is 0.542. The van der Waals surface area contributed by atoms with Gasteiger partial charge in [-0.2, -0.15) is 0 Å². The smallest absolute Gasteiger partial charge is 0.104 e. The maximum Gasteiger partial charge on any atom is 0.104 e. The summed E-state index contributed by atoms with van der Waals surface area (Å²) < 4.78 is 6.65. The molecule has 2 aliphatic heterocycles. The molecule has 16 heavy (non-hydrogen) atoms. The van der Waals surface area contributed by atoms with Crippen LogP contribution in [-0.4, -0.2) is 12.5 Å². The zero-order chi connectivity index (χ0) is 11.7. The van der Waals surface area contributed by atoms with E-state index < -0.39 is 0 Å². The monoisotopic (exact) mass is 364 g/mol. The van der Waals surface area contributed by atoms with Gasteiger partial charge in [0, 0.05) is 0 Å². The summed E-state index contributed by atoms with van der Waals surface area (Å²) in [7, 11) is 0.